The van der Waals surface area contributed by atoms with Crippen LogP contribution in [-0.4, -0.2) is 43.5 Å². The Hall–Kier alpha value is -2.58. The molecule has 0 unspecified atom stereocenters. The zero-order valence-electron chi connectivity index (χ0n) is 13.4. The number of fused-ring (bicyclic) bond motifs is 1. The lowest BCUT2D eigenvalue weighted by Gasteiger charge is -2.13. The molecule has 1 fully saturated rings. The number of nitrogen functional groups attached to an aromatic ring is 1. The highest BCUT2D eigenvalue weighted by atomic mass is 19.1. The van der Waals surface area contributed by atoms with Crippen molar-refractivity contribution in [2.45, 2.75) is 31.3 Å². The van der Waals surface area contributed by atoms with Gasteiger partial charge in [0, 0.05) is 12.8 Å². The van der Waals surface area contributed by atoms with Gasteiger partial charge in [0.05, 0.1) is 18.6 Å². The number of benzene rings is 1. The number of rotatable bonds is 4. The third-order valence-electron chi connectivity index (χ3n) is 4.38. The molecule has 3 aromatic rings. The lowest BCUT2D eigenvalue weighted by atomic mass is 10.1. The van der Waals surface area contributed by atoms with Crippen LogP contribution in [0.5, 0.6) is 0 Å². The highest BCUT2D eigenvalue weighted by Crippen LogP contribution is 2.33. The van der Waals surface area contributed by atoms with Crippen molar-refractivity contribution in [3.8, 4) is 0 Å². The number of alkyl halides is 1. The second kappa shape index (κ2) is 6.38. The van der Waals surface area contributed by atoms with E-state index in [2.05, 4.69) is 15.0 Å². The molecule has 0 radical (unpaired) electrons. The van der Waals surface area contributed by atoms with E-state index in [1.807, 2.05) is 30.3 Å². The van der Waals surface area contributed by atoms with Crippen molar-refractivity contribution >= 4 is 17.1 Å². The Labute approximate surface area is 143 Å². The Morgan fingerprint density at radius 2 is 2.08 bits per heavy atom. The average molecular weight is 343 g/mol. The summed E-state index contributed by atoms with van der Waals surface area (Å²) in [5.41, 5.74) is 8.78. The standard InChI is InChI=1S/C17H18FN5O2/c18-11-7-14(25-13(11)8-24)23-9-20-15-12(21-17(19)22-16(15)23)6-10-4-2-1-3-5-10/h1-5,9,11,13-14,24H,6-8H2,(H2,19,21,22)/t11-,13+,14+/m0/s1. The lowest BCUT2D eigenvalue weighted by Crippen LogP contribution is -2.21. The van der Waals surface area contributed by atoms with Gasteiger partial charge in [0.1, 0.15) is 24.0 Å². The predicted molar refractivity (Wildman–Crippen MR) is 89.5 cm³/mol. The van der Waals surface area contributed by atoms with Gasteiger partial charge in [-0.25, -0.2) is 14.4 Å². The molecule has 1 aromatic carbocycles. The first-order valence-electron chi connectivity index (χ1n) is 8.09. The van der Waals surface area contributed by atoms with Crippen LogP contribution in [0.2, 0.25) is 0 Å². The second-order valence-corrected chi connectivity index (χ2v) is 6.08. The van der Waals surface area contributed by atoms with Crippen molar-refractivity contribution in [3.63, 3.8) is 0 Å². The molecule has 130 valence electrons. The van der Waals surface area contributed by atoms with E-state index in [0.29, 0.717) is 23.3 Å². The van der Waals surface area contributed by atoms with Crippen LogP contribution in [0, 0.1) is 0 Å². The lowest BCUT2D eigenvalue weighted by molar-refractivity contribution is -0.0323. The predicted octanol–water partition coefficient (Wildman–Crippen LogP) is 1.62. The number of halogens is 1. The normalized spacial score (nSPS) is 23.4. The van der Waals surface area contributed by atoms with Crippen molar-refractivity contribution in [2.75, 3.05) is 12.3 Å². The van der Waals surface area contributed by atoms with E-state index in [0.717, 1.165) is 5.56 Å². The molecular weight excluding hydrogens is 325 g/mol. The summed E-state index contributed by atoms with van der Waals surface area (Å²) in [6.07, 6.45) is -0.367. The third-order valence-corrected chi connectivity index (χ3v) is 4.38. The Kier molecular flexibility index (Phi) is 4.06. The van der Waals surface area contributed by atoms with Crippen LogP contribution in [-0.2, 0) is 11.2 Å². The van der Waals surface area contributed by atoms with Crippen molar-refractivity contribution in [1.29, 1.82) is 0 Å². The van der Waals surface area contributed by atoms with Crippen LogP contribution < -0.4 is 5.73 Å². The second-order valence-electron chi connectivity index (χ2n) is 6.08. The van der Waals surface area contributed by atoms with E-state index in [4.69, 9.17) is 10.5 Å². The van der Waals surface area contributed by atoms with Crippen molar-refractivity contribution < 1.29 is 14.2 Å². The van der Waals surface area contributed by atoms with Crippen LogP contribution in [0.25, 0.3) is 11.2 Å². The number of aliphatic hydroxyl groups excluding tert-OH is 1. The molecule has 0 saturated carbocycles. The summed E-state index contributed by atoms with van der Waals surface area (Å²) in [5, 5.41) is 9.18. The number of anilines is 1. The molecule has 25 heavy (non-hydrogen) atoms. The number of nitrogens with two attached hydrogens (primary N) is 1. The Bertz CT molecular complexity index is 885. The molecule has 0 aliphatic carbocycles. The van der Waals surface area contributed by atoms with Crippen molar-refractivity contribution in [1.82, 2.24) is 19.5 Å². The summed E-state index contributed by atoms with van der Waals surface area (Å²) in [6.45, 7) is -0.360. The van der Waals surface area contributed by atoms with Gasteiger partial charge in [-0.2, -0.15) is 4.98 Å². The van der Waals surface area contributed by atoms with Gasteiger partial charge in [-0.3, -0.25) is 4.57 Å². The van der Waals surface area contributed by atoms with E-state index >= 15 is 0 Å². The van der Waals surface area contributed by atoms with E-state index in [1.165, 1.54) is 0 Å². The summed E-state index contributed by atoms with van der Waals surface area (Å²) in [4.78, 5) is 13.0. The monoisotopic (exact) mass is 343 g/mol. The number of aromatic nitrogens is 4. The maximum atomic E-state index is 13.9. The molecule has 3 N–H and O–H groups in total. The van der Waals surface area contributed by atoms with E-state index < -0.39 is 18.5 Å². The first-order valence-corrected chi connectivity index (χ1v) is 8.09. The minimum atomic E-state index is -1.23. The zero-order chi connectivity index (χ0) is 17.4. The number of ether oxygens (including phenoxy) is 1. The highest BCUT2D eigenvalue weighted by molar-refractivity contribution is 5.75. The molecule has 0 spiro atoms. The fourth-order valence-corrected chi connectivity index (χ4v) is 3.14. The minimum Gasteiger partial charge on any atom is -0.394 e. The molecular formula is C17H18FN5O2. The molecule has 1 aliphatic heterocycles. The molecule has 1 saturated heterocycles. The smallest absolute Gasteiger partial charge is 0.222 e. The quantitative estimate of drug-likeness (QED) is 0.747. The van der Waals surface area contributed by atoms with Gasteiger partial charge in [-0.15, -0.1) is 0 Å². The Morgan fingerprint density at radius 3 is 2.80 bits per heavy atom. The van der Waals surface area contributed by atoms with Crippen LogP contribution in [0.3, 0.4) is 0 Å². The number of hydrogen-bond acceptors (Lipinski definition) is 6. The van der Waals surface area contributed by atoms with Crippen LogP contribution >= 0.6 is 0 Å². The molecule has 0 amide bonds. The Balaban J connectivity index is 1.72. The summed E-state index contributed by atoms with van der Waals surface area (Å²) in [6, 6.07) is 9.86. The number of imidazole rings is 1. The molecule has 7 nitrogen and oxygen atoms in total. The minimum absolute atomic E-state index is 0.133. The molecule has 2 aromatic heterocycles. The summed E-state index contributed by atoms with van der Waals surface area (Å²) in [7, 11) is 0. The third kappa shape index (κ3) is 2.94. The molecule has 1 aliphatic rings. The van der Waals surface area contributed by atoms with E-state index in [1.54, 1.807) is 10.9 Å². The first kappa shape index (κ1) is 15.9. The maximum Gasteiger partial charge on any atom is 0.222 e. The first-order chi connectivity index (χ1) is 12.2. The fraction of sp³-hybridized carbons (Fsp3) is 0.353. The summed E-state index contributed by atoms with van der Waals surface area (Å²) < 4.78 is 21.1. The molecule has 8 heteroatoms. The number of hydrogen-bond donors (Lipinski definition) is 2. The average Bonchev–Trinajstić information content (AvgIpc) is 3.18. The molecule has 0 bridgehead atoms. The Morgan fingerprint density at radius 1 is 1.28 bits per heavy atom. The summed E-state index contributed by atoms with van der Waals surface area (Å²) in [5.74, 6) is 0.133. The van der Waals surface area contributed by atoms with Gasteiger partial charge < -0.3 is 15.6 Å². The SMILES string of the molecule is Nc1nc(Cc2ccccc2)c2ncn([C@H]3C[C@H](F)[C@@H](CO)O3)c2n1. The molecule has 3 atom stereocenters. The van der Waals surface area contributed by atoms with Crippen LogP contribution in [0.4, 0.5) is 10.3 Å². The largest absolute Gasteiger partial charge is 0.394 e. The molecule has 4 rings (SSSR count). The zero-order valence-corrected chi connectivity index (χ0v) is 13.4. The van der Waals surface area contributed by atoms with Gasteiger partial charge in [0.25, 0.3) is 0 Å². The topological polar surface area (TPSA) is 99.1 Å². The van der Waals surface area contributed by atoms with Gasteiger partial charge in [0.15, 0.2) is 5.65 Å². The molecule has 3 heterocycles. The van der Waals surface area contributed by atoms with E-state index in [-0.39, 0.29) is 19.0 Å². The van der Waals surface area contributed by atoms with Crippen LogP contribution in [0.15, 0.2) is 36.7 Å². The number of aliphatic hydroxyl groups is 1. The number of nitrogens with zero attached hydrogens (tertiary/aromatic N) is 4. The van der Waals surface area contributed by atoms with Crippen LogP contribution in [0.1, 0.15) is 23.9 Å². The van der Waals surface area contributed by atoms with Gasteiger partial charge >= 0.3 is 0 Å². The van der Waals surface area contributed by atoms with Gasteiger partial charge in [0.2, 0.25) is 5.95 Å². The van der Waals surface area contributed by atoms with Gasteiger partial charge in [-0.05, 0) is 5.56 Å². The van der Waals surface area contributed by atoms with E-state index in [9.17, 15) is 9.50 Å². The summed E-state index contributed by atoms with van der Waals surface area (Å²) >= 11 is 0. The fourth-order valence-electron chi connectivity index (χ4n) is 3.14. The van der Waals surface area contributed by atoms with Crippen molar-refractivity contribution in [3.05, 3.63) is 47.9 Å². The van der Waals surface area contributed by atoms with Crippen molar-refractivity contribution in [2.24, 2.45) is 0 Å². The maximum absolute atomic E-state index is 13.9. The highest BCUT2D eigenvalue weighted by Gasteiger charge is 2.36. The van der Waals surface area contributed by atoms with Gasteiger partial charge in [-0.1, -0.05) is 30.3 Å².